The summed E-state index contributed by atoms with van der Waals surface area (Å²) >= 11 is 0. The van der Waals surface area contributed by atoms with Crippen molar-refractivity contribution in [2.75, 3.05) is 5.32 Å². The minimum absolute atomic E-state index is 0.142. The van der Waals surface area contributed by atoms with Gasteiger partial charge in [0.15, 0.2) is 0 Å². The number of imidazole rings is 1. The van der Waals surface area contributed by atoms with E-state index in [1.807, 2.05) is 55.6 Å². The van der Waals surface area contributed by atoms with E-state index in [9.17, 15) is 4.79 Å². The Labute approximate surface area is 144 Å². The number of hydrogen-bond acceptors (Lipinski definition) is 4. The molecule has 25 heavy (non-hydrogen) atoms. The van der Waals surface area contributed by atoms with Gasteiger partial charge in [0.05, 0.1) is 17.8 Å². The monoisotopic (exact) mass is 332 g/mol. The molecule has 0 spiro atoms. The fourth-order valence-corrected chi connectivity index (χ4v) is 2.60. The van der Waals surface area contributed by atoms with Crippen LogP contribution in [-0.2, 0) is 4.79 Å². The number of nitrogens with zero attached hydrogens (tertiary/aromatic N) is 3. The Morgan fingerprint density at radius 1 is 1.24 bits per heavy atom. The number of aromatic nitrogens is 3. The maximum absolute atomic E-state index is 12.5. The Bertz CT molecular complexity index is 971. The van der Waals surface area contributed by atoms with Gasteiger partial charge in [-0.3, -0.25) is 9.36 Å². The molecule has 0 aliphatic rings. The van der Waals surface area contributed by atoms with Crippen LogP contribution in [0.5, 0.6) is 0 Å². The lowest BCUT2D eigenvalue weighted by Crippen LogP contribution is -2.18. The third-order valence-electron chi connectivity index (χ3n) is 4.05. The lowest BCUT2D eigenvalue weighted by Gasteiger charge is -2.10. The maximum atomic E-state index is 12.5. The van der Waals surface area contributed by atoms with Gasteiger partial charge in [0.25, 0.3) is 0 Å². The second kappa shape index (κ2) is 6.24. The normalized spacial score (nSPS) is 12.2. The zero-order chi connectivity index (χ0) is 17.2. The van der Waals surface area contributed by atoms with Crippen molar-refractivity contribution < 1.29 is 9.21 Å². The number of carbonyl (C=O) groups excluding carboxylic acids is 1. The highest BCUT2D eigenvalue weighted by atomic mass is 16.3. The number of anilines is 1. The first-order valence-electron chi connectivity index (χ1n) is 7.94. The molecule has 0 aliphatic carbocycles. The van der Waals surface area contributed by atoms with E-state index in [1.165, 1.54) is 0 Å². The zero-order valence-electron chi connectivity index (χ0n) is 13.6. The van der Waals surface area contributed by atoms with Gasteiger partial charge in [0, 0.05) is 17.8 Å². The summed E-state index contributed by atoms with van der Waals surface area (Å²) in [7, 11) is 0. The van der Waals surface area contributed by atoms with E-state index >= 15 is 0 Å². The van der Waals surface area contributed by atoms with Gasteiger partial charge in [-0.2, -0.15) is 0 Å². The predicted molar refractivity (Wildman–Crippen MR) is 94.6 cm³/mol. The highest BCUT2D eigenvalue weighted by molar-refractivity contribution is 5.95. The second-order valence-electron chi connectivity index (χ2n) is 5.77. The van der Waals surface area contributed by atoms with Crippen molar-refractivity contribution in [2.45, 2.75) is 12.8 Å². The Morgan fingerprint density at radius 3 is 2.84 bits per heavy atom. The van der Waals surface area contributed by atoms with E-state index in [0.29, 0.717) is 11.4 Å². The molecule has 0 saturated carbocycles. The number of para-hydroxylation sites is 1. The summed E-state index contributed by atoms with van der Waals surface area (Å²) in [5, 5.41) is 3.86. The van der Waals surface area contributed by atoms with Crippen LogP contribution in [0, 0.1) is 0 Å². The summed E-state index contributed by atoms with van der Waals surface area (Å²) in [6, 6.07) is 13.2. The number of amides is 1. The summed E-state index contributed by atoms with van der Waals surface area (Å²) in [5.74, 6) is 0.833. The van der Waals surface area contributed by atoms with Gasteiger partial charge in [-0.1, -0.05) is 18.2 Å². The SMILES string of the molecule is CC(C(=O)Nc1ccc(-n2ccnc2)nc1)c1cc2ccccc2o1. The van der Waals surface area contributed by atoms with Crippen LogP contribution < -0.4 is 5.32 Å². The van der Waals surface area contributed by atoms with Gasteiger partial charge < -0.3 is 9.73 Å². The first kappa shape index (κ1) is 15.1. The highest BCUT2D eigenvalue weighted by Crippen LogP contribution is 2.26. The van der Waals surface area contributed by atoms with Gasteiger partial charge in [-0.05, 0) is 31.2 Å². The molecule has 0 bridgehead atoms. The van der Waals surface area contributed by atoms with E-state index < -0.39 is 5.92 Å². The van der Waals surface area contributed by atoms with Crippen LogP contribution in [0.25, 0.3) is 16.8 Å². The summed E-state index contributed by atoms with van der Waals surface area (Å²) in [6.45, 7) is 1.82. The second-order valence-corrected chi connectivity index (χ2v) is 5.77. The number of rotatable bonds is 4. The number of nitrogens with one attached hydrogen (secondary N) is 1. The van der Waals surface area contributed by atoms with Gasteiger partial charge in [-0.25, -0.2) is 9.97 Å². The van der Waals surface area contributed by atoms with E-state index in [1.54, 1.807) is 23.3 Å². The first-order chi connectivity index (χ1) is 12.2. The van der Waals surface area contributed by atoms with E-state index in [0.717, 1.165) is 16.8 Å². The average Bonchev–Trinajstić information content (AvgIpc) is 3.31. The standard InChI is InChI=1S/C19H16N4O2/c1-13(17-10-14-4-2-3-5-16(14)25-17)19(24)22-15-6-7-18(21-11-15)23-9-8-20-12-23/h2-13H,1H3,(H,22,24). The van der Waals surface area contributed by atoms with Crippen molar-refractivity contribution in [3.05, 3.63) is 73.1 Å². The molecule has 0 saturated heterocycles. The third-order valence-corrected chi connectivity index (χ3v) is 4.05. The molecular formula is C19H16N4O2. The molecule has 124 valence electrons. The Hall–Kier alpha value is -3.41. The molecule has 3 aromatic heterocycles. The number of pyridine rings is 1. The van der Waals surface area contributed by atoms with Crippen molar-refractivity contribution in [1.29, 1.82) is 0 Å². The lowest BCUT2D eigenvalue weighted by molar-refractivity contribution is -0.117. The van der Waals surface area contributed by atoms with Gasteiger partial charge >= 0.3 is 0 Å². The molecule has 6 heteroatoms. The topological polar surface area (TPSA) is 73.0 Å². The van der Waals surface area contributed by atoms with Crippen molar-refractivity contribution in [3.63, 3.8) is 0 Å². The van der Waals surface area contributed by atoms with Crippen LogP contribution in [0.4, 0.5) is 5.69 Å². The van der Waals surface area contributed by atoms with Crippen molar-refractivity contribution in [1.82, 2.24) is 14.5 Å². The summed E-state index contributed by atoms with van der Waals surface area (Å²) < 4.78 is 7.56. The van der Waals surface area contributed by atoms with Crippen LogP contribution >= 0.6 is 0 Å². The number of hydrogen-bond donors (Lipinski definition) is 1. The third kappa shape index (κ3) is 3.01. The van der Waals surface area contributed by atoms with Crippen LogP contribution in [0.1, 0.15) is 18.6 Å². The molecule has 4 aromatic rings. The maximum Gasteiger partial charge on any atom is 0.234 e. The van der Waals surface area contributed by atoms with Gasteiger partial charge in [-0.15, -0.1) is 0 Å². The average molecular weight is 332 g/mol. The van der Waals surface area contributed by atoms with Crippen molar-refractivity contribution in [3.8, 4) is 5.82 Å². The largest absolute Gasteiger partial charge is 0.460 e. The van der Waals surface area contributed by atoms with Gasteiger partial charge in [0.1, 0.15) is 23.5 Å². The molecule has 1 unspecified atom stereocenters. The molecule has 0 radical (unpaired) electrons. The molecule has 0 fully saturated rings. The van der Waals surface area contributed by atoms with E-state index in [-0.39, 0.29) is 5.91 Å². The lowest BCUT2D eigenvalue weighted by atomic mass is 10.1. The molecule has 1 aromatic carbocycles. The molecule has 3 heterocycles. The number of carbonyl (C=O) groups is 1. The first-order valence-corrected chi connectivity index (χ1v) is 7.94. The fourth-order valence-electron chi connectivity index (χ4n) is 2.60. The van der Waals surface area contributed by atoms with Gasteiger partial charge in [0.2, 0.25) is 5.91 Å². The number of furan rings is 1. The molecule has 1 N–H and O–H groups in total. The van der Waals surface area contributed by atoms with Crippen LogP contribution in [0.2, 0.25) is 0 Å². The Kier molecular flexibility index (Phi) is 3.78. The van der Waals surface area contributed by atoms with E-state index in [2.05, 4.69) is 15.3 Å². The van der Waals surface area contributed by atoms with Crippen molar-refractivity contribution in [2.24, 2.45) is 0 Å². The molecule has 6 nitrogen and oxygen atoms in total. The summed E-state index contributed by atoms with van der Waals surface area (Å²) in [6.07, 6.45) is 6.79. The summed E-state index contributed by atoms with van der Waals surface area (Å²) in [4.78, 5) is 20.8. The highest BCUT2D eigenvalue weighted by Gasteiger charge is 2.19. The molecule has 4 rings (SSSR count). The molecule has 1 atom stereocenters. The van der Waals surface area contributed by atoms with Crippen molar-refractivity contribution >= 4 is 22.6 Å². The molecular weight excluding hydrogens is 316 g/mol. The quantitative estimate of drug-likeness (QED) is 0.617. The van der Waals surface area contributed by atoms with Crippen LogP contribution in [0.15, 0.2) is 71.8 Å². The molecule has 1 amide bonds. The summed E-state index contributed by atoms with van der Waals surface area (Å²) in [5.41, 5.74) is 1.42. The predicted octanol–water partition coefficient (Wildman–Crippen LogP) is 3.76. The fraction of sp³-hybridized carbons (Fsp3) is 0.105. The van der Waals surface area contributed by atoms with Crippen LogP contribution in [-0.4, -0.2) is 20.4 Å². The minimum atomic E-state index is -0.402. The molecule has 0 aliphatic heterocycles. The zero-order valence-corrected chi connectivity index (χ0v) is 13.6. The smallest absolute Gasteiger partial charge is 0.234 e. The minimum Gasteiger partial charge on any atom is -0.460 e. The Balaban J connectivity index is 1.49. The number of benzene rings is 1. The Morgan fingerprint density at radius 2 is 2.12 bits per heavy atom. The number of fused-ring (bicyclic) bond motifs is 1. The van der Waals surface area contributed by atoms with Crippen LogP contribution in [0.3, 0.4) is 0 Å². The van der Waals surface area contributed by atoms with E-state index in [4.69, 9.17) is 4.42 Å².